The van der Waals surface area contributed by atoms with Crippen molar-refractivity contribution in [3.63, 3.8) is 0 Å². The molecule has 0 radical (unpaired) electrons. The number of rotatable bonds is 5. The minimum atomic E-state index is -0.407. The SMILES string of the molecule is Cc1nc(-c2ccc(OCc3csc([N+](=O)[O-])c3)cc2)no1. The largest absolute Gasteiger partial charge is 0.489 e. The minimum absolute atomic E-state index is 0.112. The van der Waals surface area contributed by atoms with Gasteiger partial charge in [-0.15, -0.1) is 0 Å². The number of nitrogens with zero attached hydrogens (tertiary/aromatic N) is 3. The van der Waals surface area contributed by atoms with E-state index >= 15 is 0 Å². The highest BCUT2D eigenvalue weighted by molar-refractivity contribution is 7.13. The Kier molecular flexibility index (Phi) is 3.84. The third-order valence-electron chi connectivity index (χ3n) is 2.87. The average molecular weight is 317 g/mol. The number of aromatic nitrogens is 2. The third-order valence-corrected chi connectivity index (χ3v) is 3.79. The number of benzene rings is 1. The van der Waals surface area contributed by atoms with Crippen LogP contribution >= 0.6 is 11.3 Å². The highest BCUT2D eigenvalue weighted by atomic mass is 32.1. The van der Waals surface area contributed by atoms with Crippen molar-refractivity contribution in [1.29, 1.82) is 0 Å². The molecule has 7 nitrogen and oxygen atoms in total. The summed E-state index contributed by atoms with van der Waals surface area (Å²) in [5, 5.41) is 16.3. The number of thiophene rings is 1. The van der Waals surface area contributed by atoms with Crippen LogP contribution in [0.2, 0.25) is 0 Å². The molecule has 0 aliphatic carbocycles. The molecular formula is C14H11N3O4S. The summed E-state index contributed by atoms with van der Waals surface area (Å²) in [5.41, 5.74) is 1.60. The number of aryl methyl sites for hydroxylation is 1. The second-order valence-electron chi connectivity index (χ2n) is 4.50. The molecule has 0 aliphatic heterocycles. The van der Waals surface area contributed by atoms with Crippen LogP contribution in [0.3, 0.4) is 0 Å². The van der Waals surface area contributed by atoms with Crippen molar-refractivity contribution in [3.05, 3.63) is 57.3 Å². The number of hydrogen-bond donors (Lipinski definition) is 0. The van der Waals surface area contributed by atoms with Crippen molar-refractivity contribution < 1.29 is 14.2 Å². The Bertz CT molecular complexity index is 795. The molecule has 0 unspecified atom stereocenters. The summed E-state index contributed by atoms with van der Waals surface area (Å²) in [6, 6.07) is 8.76. The monoisotopic (exact) mass is 317 g/mol. The second-order valence-corrected chi connectivity index (χ2v) is 5.39. The first-order valence-electron chi connectivity index (χ1n) is 6.37. The zero-order valence-corrected chi connectivity index (χ0v) is 12.4. The number of ether oxygens (including phenoxy) is 1. The zero-order chi connectivity index (χ0) is 15.5. The van der Waals surface area contributed by atoms with Crippen LogP contribution in [0.4, 0.5) is 5.00 Å². The van der Waals surface area contributed by atoms with E-state index in [1.807, 2.05) is 12.1 Å². The lowest BCUT2D eigenvalue weighted by atomic mass is 10.2. The van der Waals surface area contributed by atoms with Crippen LogP contribution in [0.1, 0.15) is 11.5 Å². The summed E-state index contributed by atoms with van der Waals surface area (Å²) < 4.78 is 10.5. The standard InChI is InChI=1S/C14H11N3O4S/c1-9-15-14(16-21-9)11-2-4-12(5-3-11)20-7-10-6-13(17(18)19)22-8-10/h2-6,8H,7H2,1H3. The fourth-order valence-electron chi connectivity index (χ4n) is 1.82. The van der Waals surface area contributed by atoms with Gasteiger partial charge in [-0.2, -0.15) is 4.98 Å². The van der Waals surface area contributed by atoms with Gasteiger partial charge >= 0.3 is 5.00 Å². The van der Waals surface area contributed by atoms with E-state index in [1.165, 1.54) is 6.07 Å². The van der Waals surface area contributed by atoms with Crippen molar-refractivity contribution in [2.75, 3.05) is 0 Å². The Morgan fingerprint density at radius 2 is 2.14 bits per heavy atom. The van der Waals surface area contributed by atoms with E-state index in [0.29, 0.717) is 17.5 Å². The molecule has 1 aromatic carbocycles. The van der Waals surface area contributed by atoms with Crippen LogP contribution in [0, 0.1) is 17.0 Å². The Morgan fingerprint density at radius 3 is 2.73 bits per heavy atom. The maximum Gasteiger partial charge on any atom is 0.324 e. The van der Waals surface area contributed by atoms with Gasteiger partial charge in [0.1, 0.15) is 12.4 Å². The van der Waals surface area contributed by atoms with Gasteiger partial charge in [0.05, 0.1) is 4.92 Å². The van der Waals surface area contributed by atoms with Gasteiger partial charge < -0.3 is 9.26 Å². The highest BCUT2D eigenvalue weighted by Gasteiger charge is 2.10. The zero-order valence-electron chi connectivity index (χ0n) is 11.6. The first-order chi connectivity index (χ1) is 10.6. The van der Waals surface area contributed by atoms with E-state index in [-0.39, 0.29) is 11.6 Å². The van der Waals surface area contributed by atoms with Crippen molar-refractivity contribution in [3.8, 4) is 17.1 Å². The maximum atomic E-state index is 10.6. The lowest BCUT2D eigenvalue weighted by Gasteiger charge is -2.04. The molecule has 0 fully saturated rings. The average Bonchev–Trinajstić information content (AvgIpc) is 3.15. The van der Waals surface area contributed by atoms with Crippen molar-refractivity contribution in [2.24, 2.45) is 0 Å². The predicted octanol–water partition coefficient (Wildman–Crippen LogP) is 3.59. The fourth-order valence-corrected chi connectivity index (χ4v) is 2.53. The molecule has 112 valence electrons. The number of nitro groups is 1. The third kappa shape index (κ3) is 3.12. The maximum absolute atomic E-state index is 10.6. The topological polar surface area (TPSA) is 91.3 Å². The Labute approximate surface area is 129 Å². The summed E-state index contributed by atoms with van der Waals surface area (Å²) in [4.78, 5) is 14.4. The molecule has 0 spiro atoms. The molecule has 3 rings (SSSR count). The van der Waals surface area contributed by atoms with E-state index in [1.54, 1.807) is 24.4 Å². The van der Waals surface area contributed by atoms with Crippen molar-refractivity contribution in [2.45, 2.75) is 13.5 Å². The van der Waals surface area contributed by atoms with Crippen LogP contribution in [-0.2, 0) is 6.61 Å². The molecule has 8 heteroatoms. The smallest absolute Gasteiger partial charge is 0.324 e. The van der Waals surface area contributed by atoms with Crippen LogP contribution in [0.5, 0.6) is 5.75 Å². The Balaban J connectivity index is 1.64. The molecule has 0 saturated heterocycles. The minimum Gasteiger partial charge on any atom is -0.489 e. The lowest BCUT2D eigenvalue weighted by Crippen LogP contribution is -1.93. The molecular weight excluding hydrogens is 306 g/mol. The van der Waals surface area contributed by atoms with Crippen molar-refractivity contribution in [1.82, 2.24) is 10.1 Å². The van der Waals surface area contributed by atoms with Crippen LogP contribution in [-0.4, -0.2) is 15.1 Å². The van der Waals surface area contributed by atoms with Gasteiger partial charge in [0.15, 0.2) is 0 Å². The molecule has 0 atom stereocenters. The predicted molar refractivity (Wildman–Crippen MR) is 79.8 cm³/mol. The molecule has 0 amide bonds. The fraction of sp³-hybridized carbons (Fsp3) is 0.143. The summed E-state index contributed by atoms with van der Waals surface area (Å²) in [5.74, 6) is 1.70. The van der Waals surface area contributed by atoms with Gasteiger partial charge in [-0.25, -0.2) is 0 Å². The van der Waals surface area contributed by atoms with Gasteiger partial charge in [0, 0.05) is 29.5 Å². The molecule has 0 saturated carbocycles. The van der Waals surface area contributed by atoms with E-state index in [4.69, 9.17) is 9.26 Å². The molecule has 3 aromatic rings. The Morgan fingerprint density at radius 1 is 1.36 bits per heavy atom. The Hall–Kier alpha value is -2.74. The summed E-state index contributed by atoms with van der Waals surface area (Å²) >= 11 is 1.09. The summed E-state index contributed by atoms with van der Waals surface area (Å²) in [6.07, 6.45) is 0. The highest BCUT2D eigenvalue weighted by Crippen LogP contribution is 2.24. The number of hydrogen-bond acceptors (Lipinski definition) is 7. The molecule has 0 N–H and O–H groups in total. The van der Waals surface area contributed by atoms with E-state index in [0.717, 1.165) is 22.5 Å². The van der Waals surface area contributed by atoms with E-state index < -0.39 is 4.92 Å². The van der Waals surface area contributed by atoms with Crippen molar-refractivity contribution >= 4 is 16.3 Å². The molecule has 0 bridgehead atoms. The summed E-state index contributed by atoms with van der Waals surface area (Å²) in [6.45, 7) is 2.01. The van der Waals surface area contributed by atoms with Crippen LogP contribution in [0.15, 0.2) is 40.2 Å². The first kappa shape index (κ1) is 14.2. The van der Waals surface area contributed by atoms with E-state index in [9.17, 15) is 10.1 Å². The first-order valence-corrected chi connectivity index (χ1v) is 7.25. The second kappa shape index (κ2) is 5.94. The molecule has 2 heterocycles. The molecule has 0 aliphatic rings. The molecule has 2 aromatic heterocycles. The van der Waals surface area contributed by atoms with Gasteiger partial charge in [-0.3, -0.25) is 10.1 Å². The van der Waals surface area contributed by atoms with Gasteiger partial charge in [-0.05, 0) is 24.3 Å². The molecule has 22 heavy (non-hydrogen) atoms. The summed E-state index contributed by atoms with van der Waals surface area (Å²) in [7, 11) is 0. The van der Waals surface area contributed by atoms with Crippen LogP contribution in [0.25, 0.3) is 11.4 Å². The van der Waals surface area contributed by atoms with Gasteiger partial charge in [0.2, 0.25) is 11.7 Å². The van der Waals surface area contributed by atoms with Crippen LogP contribution < -0.4 is 4.74 Å². The van der Waals surface area contributed by atoms with E-state index in [2.05, 4.69) is 10.1 Å². The normalized spacial score (nSPS) is 10.6. The lowest BCUT2D eigenvalue weighted by molar-refractivity contribution is -0.380. The van der Waals surface area contributed by atoms with Gasteiger partial charge in [0.25, 0.3) is 0 Å². The van der Waals surface area contributed by atoms with Gasteiger partial charge in [-0.1, -0.05) is 16.5 Å². The quantitative estimate of drug-likeness (QED) is 0.527.